The van der Waals surface area contributed by atoms with E-state index in [4.69, 9.17) is 4.74 Å². The van der Waals surface area contributed by atoms with E-state index in [1.54, 1.807) is 24.5 Å². The van der Waals surface area contributed by atoms with E-state index >= 15 is 0 Å². The fourth-order valence-electron chi connectivity index (χ4n) is 3.98. The van der Waals surface area contributed by atoms with Gasteiger partial charge in [0.1, 0.15) is 18.1 Å². The molecule has 1 saturated heterocycles. The number of anilines is 1. The number of ether oxygens (including phenoxy) is 2. The molecule has 9 heteroatoms. The van der Waals surface area contributed by atoms with Crippen LogP contribution in [0.1, 0.15) is 25.3 Å². The number of hydrogen-bond donors (Lipinski definition) is 0. The van der Waals surface area contributed by atoms with Gasteiger partial charge in [0, 0.05) is 42.4 Å². The topological polar surface area (TPSA) is 41.1 Å². The fraction of sp³-hybridized carbons (Fsp3) is 0.435. The van der Waals surface area contributed by atoms with Crippen LogP contribution >= 0.6 is 0 Å². The third-order valence-electron chi connectivity index (χ3n) is 5.66. The molecule has 0 radical (unpaired) electrons. The zero-order chi connectivity index (χ0) is 22.6. The largest absolute Gasteiger partial charge is 0.573 e. The van der Waals surface area contributed by atoms with E-state index in [1.807, 2.05) is 24.1 Å². The first-order valence-electron chi connectivity index (χ1n) is 10.7. The Morgan fingerprint density at radius 3 is 2.53 bits per heavy atom. The van der Waals surface area contributed by atoms with E-state index in [0.29, 0.717) is 19.8 Å². The van der Waals surface area contributed by atoms with Gasteiger partial charge in [0.2, 0.25) is 0 Å². The van der Waals surface area contributed by atoms with Crippen molar-refractivity contribution >= 4 is 5.69 Å². The molecule has 3 heterocycles. The van der Waals surface area contributed by atoms with E-state index in [2.05, 4.69) is 19.5 Å². The SMILES string of the molecule is CC1=CN(c2ccc(OC(F)(F)F)cc2)CN1Cc1ccncc1OCCN1CCCC1. The summed E-state index contributed by atoms with van der Waals surface area (Å²) >= 11 is 0. The molecule has 1 aromatic heterocycles. The van der Waals surface area contributed by atoms with Gasteiger partial charge in [-0.05, 0) is 63.2 Å². The van der Waals surface area contributed by atoms with Gasteiger partial charge < -0.3 is 19.3 Å². The van der Waals surface area contributed by atoms with Crippen LogP contribution in [0.4, 0.5) is 18.9 Å². The lowest BCUT2D eigenvalue weighted by Gasteiger charge is -2.24. The number of hydrogen-bond acceptors (Lipinski definition) is 6. The Labute approximate surface area is 185 Å². The van der Waals surface area contributed by atoms with Gasteiger partial charge in [-0.1, -0.05) is 0 Å². The predicted octanol–water partition coefficient (Wildman–Crippen LogP) is 4.60. The summed E-state index contributed by atoms with van der Waals surface area (Å²) in [5.74, 6) is 0.553. The van der Waals surface area contributed by atoms with Crippen molar-refractivity contribution in [3.8, 4) is 11.5 Å². The molecule has 0 atom stereocenters. The molecule has 4 rings (SSSR count). The summed E-state index contributed by atoms with van der Waals surface area (Å²) in [5, 5.41) is 0. The lowest BCUT2D eigenvalue weighted by Crippen LogP contribution is -2.27. The van der Waals surface area contributed by atoms with E-state index in [-0.39, 0.29) is 5.75 Å². The number of benzene rings is 1. The second kappa shape index (κ2) is 9.68. The molecule has 2 aliphatic rings. The van der Waals surface area contributed by atoms with Gasteiger partial charge in [-0.25, -0.2) is 0 Å². The Balaban J connectivity index is 1.35. The van der Waals surface area contributed by atoms with Crippen LogP contribution in [0, 0.1) is 0 Å². The first-order valence-corrected chi connectivity index (χ1v) is 10.7. The third-order valence-corrected chi connectivity index (χ3v) is 5.66. The summed E-state index contributed by atoms with van der Waals surface area (Å²) in [6.07, 6.45) is 3.32. The fourth-order valence-corrected chi connectivity index (χ4v) is 3.98. The monoisotopic (exact) mass is 448 g/mol. The summed E-state index contributed by atoms with van der Waals surface area (Å²) in [7, 11) is 0. The number of pyridine rings is 1. The maximum atomic E-state index is 12.4. The highest BCUT2D eigenvalue weighted by Gasteiger charge is 2.31. The van der Waals surface area contributed by atoms with Crippen LogP contribution in [-0.4, -0.2) is 54.1 Å². The van der Waals surface area contributed by atoms with E-state index < -0.39 is 6.36 Å². The van der Waals surface area contributed by atoms with Gasteiger partial charge in [-0.2, -0.15) is 0 Å². The highest BCUT2D eigenvalue weighted by molar-refractivity contribution is 5.53. The summed E-state index contributed by atoms with van der Waals surface area (Å²) in [4.78, 5) is 10.8. The molecule has 0 bridgehead atoms. The number of allylic oxidation sites excluding steroid dienone is 1. The molecule has 0 N–H and O–H groups in total. The number of rotatable bonds is 8. The molecule has 0 unspecified atom stereocenters. The van der Waals surface area contributed by atoms with E-state index in [0.717, 1.165) is 42.3 Å². The summed E-state index contributed by atoms with van der Waals surface area (Å²) < 4.78 is 47.1. The van der Waals surface area contributed by atoms with Crippen molar-refractivity contribution in [2.45, 2.75) is 32.7 Å². The minimum atomic E-state index is -4.69. The molecule has 172 valence electrons. The predicted molar refractivity (Wildman–Crippen MR) is 115 cm³/mol. The number of nitrogens with zero attached hydrogens (tertiary/aromatic N) is 4. The molecule has 1 fully saturated rings. The zero-order valence-electron chi connectivity index (χ0n) is 18.0. The van der Waals surface area contributed by atoms with Crippen molar-refractivity contribution in [1.82, 2.24) is 14.8 Å². The molecule has 0 aliphatic carbocycles. The molecule has 32 heavy (non-hydrogen) atoms. The second-order valence-electron chi connectivity index (χ2n) is 8.00. The molecule has 6 nitrogen and oxygen atoms in total. The summed E-state index contributed by atoms with van der Waals surface area (Å²) in [6.45, 7) is 7.07. The number of aromatic nitrogens is 1. The van der Waals surface area contributed by atoms with Gasteiger partial charge in [0.05, 0.1) is 12.9 Å². The van der Waals surface area contributed by atoms with Crippen molar-refractivity contribution in [3.63, 3.8) is 0 Å². The van der Waals surface area contributed by atoms with E-state index in [1.165, 1.54) is 25.0 Å². The summed E-state index contributed by atoms with van der Waals surface area (Å²) in [6, 6.07) is 7.85. The standard InChI is InChI=1S/C23H27F3N4O2/c1-18-15-30(20-4-6-21(7-5-20)32-23(24,25)26)17-29(18)16-19-8-9-27-14-22(19)31-13-12-28-10-2-3-11-28/h4-9,14-15H,2-3,10-13,16-17H2,1H3. The van der Waals surface area contributed by atoms with Gasteiger partial charge in [-0.3, -0.25) is 9.88 Å². The molecule has 0 spiro atoms. The van der Waals surface area contributed by atoms with Crippen LogP contribution in [0.2, 0.25) is 0 Å². The Hall–Kier alpha value is -2.94. The maximum Gasteiger partial charge on any atom is 0.573 e. The highest BCUT2D eigenvalue weighted by Crippen LogP contribution is 2.30. The maximum absolute atomic E-state index is 12.4. The van der Waals surface area contributed by atoms with Crippen LogP contribution in [0.5, 0.6) is 11.5 Å². The van der Waals surface area contributed by atoms with Crippen molar-refractivity contribution in [1.29, 1.82) is 0 Å². The first-order chi connectivity index (χ1) is 15.4. The van der Waals surface area contributed by atoms with Gasteiger partial charge >= 0.3 is 6.36 Å². The van der Waals surface area contributed by atoms with Crippen LogP contribution < -0.4 is 14.4 Å². The van der Waals surface area contributed by atoms with Crippen molar-refractivity contribution < 1.29 is 22.6 Å². The molecule has 2 aromatic rings. The molecular formula is C23H27F3N4O2. The second-order valence-corrected chi connectivity index (χ2v) is 8.00. The van der Waals surface area contributed by atoms with Crippen LogP contribution in [0.3, 0.4) is 0 Å². The van der Waals surface area contributed by atoms with Crippen molar-refractivity contribution in [2.24, 2.45) is 0 Å². The molecule has 2 aliphatic heterocycles. The minimum absolute atomic E-state index is 0.231. The quantitative estimate of drug-likeness (QED) is 0.588. The van der Waals surface area contributed by atoms with E-state index in [9.17, 15) is 13.2 Å². The van der Waals surface area contributed by atoms with Crippen LogP contribution in [0.25, 0.3) is 0 Å². The Bertz CT molecular complexity index is 928. The number of halogens is 3. The van der Waals surface area contributed by atoms with Crippen molar-refractivity contribution in [2.75, 3.05) is 37.8 Å². The molecule has 0 amide bonds. The van der Waals surface area contributed by atoms with Gasteiger partial charge in [-0.15, -0.1) is 13.2 Å². The minimum Gasteiger partial charge on any atom is -0.490 e. The normalized spacial score (nSPS) is 17.1. The Morgan fingerprint density at radius 2 is 1.81 bits per heavy atom. The molecule has 1 aromatic carbocycles. The average Bonchev–Trinajstić information content (AvgIpc) is 3.39. The third kappa shape index (κ3) is 5.85. The molecule has 0 saturated carbocycles. The molecular weight excluding hydrogens is 421 g/mol. The Kier molecular flexibility index (Phi) is 6.74. The van der Waals surface area contributed by atoms with Crippen molar-refractivity contribution in [3.05, 3.63) is 60.2 Å². The number of likely N-dealkylation sites (tertiary alicyclic amines) is 1. The zero-order valence-corrected chi connectivity index (χ0v) is 18.0. The average molecular weight is 448 g/mol. The Morgan fingerprint density at radius 1 is 1.06 bits per heavy atom. The lowest BCUT2D eigenvalue weighted by molar-refractivity contribution is -0.274. The number of alkyl halides is 3. The van der Waals surface area contributed by atoms with Crippen LogP contribution in [0.15, 0.2) is 54.6 Å². The highest BCUT2D eigenvalue weighted by atomic mass is 19.4. The van der Waals surface area contributed by atoms with Gasteiger partial charge in [0.15, 0.2) is 0 Å². The van der Waals surface area contributed by atoms with Gasteiger partial charge in [0.25, 0.3) is 0 Å². The smallest absolute Gasteiger partial charge is 0.490 e. The lowest BCUT2D eigenvalue weighted by atomic mass is 10.2. The summed E-state index contributed by atoms with van der Waals surface area (Å²) in [5.41, 5.74) is 2.89. The first kappa shape index (κ1) is 22.3. The van der Waals surface area contributed by atoms with Crippen LogP contribution in [-0.2, 0) is 6.54 Å².